The smallest absolute Gasteiger partial charge is 0.270 e. The van der Waals surface area contributed by atoms with Crippen LogP contribution in [0.25, 0.3) is 6.08 Å². The molecule has 0 unspecified atom stereocenters. The van der Waals surface area contributed by atoms with Crippen molar-refractivity contribution < 1.29 is 9.53 Å². The van der Waals surface area contributed by atoms with Gasteiger partial charge in [0.1, 0.15) is 27.5 Å². The van der Waals surface area contributed by atoms with Crippen molar-refractivity contribution in [2.75, 3.05) is 25.6 Å². The average molecular weight is 497 g/mol. The van der Waals surface area contributed by atoms with E-state index < -0.39 is 0 Å². The Morgan fingerprint density at radius 1 is 1.26 bits per heavy atom. The largest absolute Gasteiger partial charge is 0.497 e. The van der Waals surface area contributed by atoms with Crippen molar-refractivity contribution in [3.8, 4) is 11.8 Å². The first-order chi connectivity index (χ1) is 16.2. The molecule has 1 fully saturated rings. The van der Waals surface area contributed by atoms with E-state index in [-0.39, 0.29) is 17.0 Å². The molecule has 1 aliphatic heterocycles. The summed E-state index contributed by atoms with van der Waals surface area (Å²) in [5.41, 5.74) is 1.91. The quantitative estimate of drug-likeness (QED) is 0.400. The molecule has 7 nitrogen and oxygen atoms in total. The van der Waals surface area contributed by atoms with Gasteiger partial charge in [-0.3, -0.25) is 19.1 Å². The number of aromatic nitrogens is 1. The van der Waals surface area contributed by atoms with E-state index in [0.717, 1.165) is 30.7 Å². The van der Waals surface area contributed by atoms with Crippen LogP contribution < -0.4 is 15.2 Å². The van der Waals surface area contributed by atoms with Gasteiger partial charge in [-0.2, -0.15) is 5.26 Å². The second-order valence-electron chi connectivity index (χ2n) is 8.10. The number of hydrogen-bond donors (Lipinski definition) is 0. The van der Waals surface area contributed by atoms with Crippen LogP contribution in [0.15, 0.2) is 34.0 Å². The summed E-state index contributed by atoms with van der Waals surface area (Å²) in [6, 6.07) is 9.52. The molecule has 0 aliphatic carbocycles. The highest BCUT2D eigenvalue weighted by Crippen LogP contribution is 2.36. The molecule has 1 aromatic heterocycles. The molecule has 1 aliphatic rings. The third-order valence-corrected chi connectivity index (χ3v) is 7.20. The number of thiocarbonyl (C=S) groups is 1. The molecular weight excluding hydrogens is 468 g/mol. The number of benzene rings is 1. The van der Waals surface area contributed by atoms with Crippen LogP contribution in [0.4, 0.5) is 5.82 Å². The number of thioether (sulfide) groups is 1. The van der Waals surface area contributed by atoms with Gasteiger partial charge in [-0.25, -0.2) is 0 Å². The highest BCUT2D eigenvalue weighted by Gasteiger charge is 2.33. The second kappa shape index (κ2) is 10.9. The number of ether oxygens (including phenoxy) is 1. The fourth-order valence-electron chi connectivity index (χ4n) is 3.86. The molecule has 178 valence electrons. The van der Waals surface area contributed by atoms with E-state index in [9.17, 15) is 14.9 Å². The van der Waals surface area contributed by atoms with E-state index in [1.54, 1.807) is 32.1 Å². The molecule has 1 amide bonds. The molecule has 1 saturated heterocycles. The number of methoxy groups -OCH3 is 1. The van der Waals surface area contributed by atoms with Crippen LogP contribution >= 0.6 is 24.0 Å². The Labute approximate surface area is 209 Å². The average Bonchev–Trinajstić information content (AvgIpc) is 3.09. The first-order valence-corrected chi connectivity index (χ1v) is 12.2. The van der Waals surface area contributed by atoms with Crippen molar-refractivity contribution in [3.63, 3.8) is 0 Å². The van der Waals surface area contributed by atoms with Gasteiger partial charge < -0.3 is 9.64 Å². The number of rotatable bonds is 8. The minimum absolute atomic E-state index is 0.0788. The van der Waals surface area contributed by atoms with E-state index in [0.29, 0.717) is 32.7 Å². The van der Waals surface area contributed by atoms with Crippen LogP contribution in [-0.2, 0) is 18.4 Å². The standard InChI is InChI=1S/C25H28N4O3S2/c1-6-7-12-27(3)22-19(16(2)20(14-26)23(30)28(22)4)13-21-24(31)29(25(33)34-21)15-17-8-10-18(32-5)11-9-17/h8-11,13H,6-7,12,15H2,1-5H3. The van der Waals surface area contributed by atoms with Crippen molar-refractivity contribution in [1.29, 1.82) is 5.26 Å². The van der Waals surface area contributed by atoms with E-state index in [2.05, 4.69) is 6.92 Å². The van der Waals surface area contributed by atoms with Gasteiger partial charge in [0.05, 0.1) is 18.6 Å². The number of carbonyl (C=O) groups is 1. The SMILES string of the molecule is CCCCN(C)c1c(C=C2SC(=S)N(Cc3ccc(OC)cc3)C2=O)c(C)c(C#N)c(=O)n1C. The van der Waals surface area contributed by atoms with Gasteiger partial charge >= 0.3 is 0 Å². The summed E-state index contributed by atoms with van der Waals surface area (Å²) in [5, 5.41) is 9.61. The molecule has 0 N–H and O–H groups in total. The van der Waals surface area contributed by atoms with Crippen LogP contribution in [0.1, 0.15) is 42.0 Å². The van der Waals surface area contributed by atoms with Gasteiger partial charge in [-0.15, -0.1) is 0 Å². The van der Waals surface area contributed by atoms with Crippen molar-refractivity contribution in [2.24, 2.45) is 7.05 Å². The lowest BCUT2D eigenvalue weighted by Gasteiger charge is -2.25. The first-order valence-electron chi connectivity index (χ1n) is 11.0. The number of anilines is 1. The lowest BCUT2D eigenvalue weighted by Crippen LogP contribution is -2.31. The van der Waals surface area contributed by atoms with Crippen LogP contribution in [0.2, 0.25) is 0 Å². The minimum Gasteiger partial charge on any atom is -0.497 e. The van der Waals surface area contributed by atoms with Crippen LogP contribution in [-0.4, -0.2) is 40.4 Å². The van der Waals surface area contributed by atoms with Crippen molar-refractivity contribution in [3.05, 3.63) is 61.8 Å². The molecule has 0 atom stereocenters. The molecule has 0 radical (unpaired) electrons. The summed E-state index contributed by atoms with van der Waals surface area (Å²) in [7, 11) is 5.18. The normalized spacial score (nSPS) is 14.6. The molecule has 0 bridgehead atoms. The van der Waals surface area contributed by atoms with Crippen LogP contribution in [0.3, 0.4) is 0 Å². The van der Waals surface area contributed by atoms with E-state index >= 15 is 0 Å². The van der Waals surface area contributed by atoms with Gasteiger partial charge in [0.15, 0.2) is 0 Å². The zero-order valence-corrected chi connectivity index (χ0v) is 21.7. The third-order valence-electron chi connectivity index (χ3n) is 5.83. The third kappa shape index (κ3) is 5.03. The molecule has 0 saturated carbocycles. The number of amides is 1. The Morgan fingerprint density at radius 2 is 1.94 bits per heavy atom. The molecule has 0 spiro atoms. The van der Waals surface area contributed by atoms with E-state index in [4.69, 9.17) is 17.0 Å². The number of pyridine rings is 1. The highest BCUT2D eigenvalue weighted by atomic mass is 32.2. The predicted molar refractivity (Wildman–Crippen MR) is 141 cm³/mol. The number of hydrogen-bond acceptors (Lipinski definition) is 7. The maximum absolute atomic E-state index is 13.3. The molecule has 34 heavy (non-hydrogen) atoms. The number of nitriles is 1. The first kappa shape index (κ1) is 25.5. The summed E-state index contributed by atoms with van der Waals surface area (Å²) < 4.78 is 7.16. The molecule has 9 heteroatoms. The van der Waals surface area contributed by atoms with Crippen molar-refractivity contribution in [2.45, 2.75) is 33.2 Å². The predicted octanol–water partition coefficient (Wildman–Crippen LogP) is 4.21. The maximum atomic E-state index is 13.3. The fourth-order valence-corrected chi connectivity index (χ4v) is 5.09. The van der Waals surface area contributed by atoms with Gasteiger partial charge in [0, 0.05) is 26.2 Å². The fraction of sp³-hybridized carbons (Fsp3) is 0.360. The van der Waals surface area contributed by atoms with Crippen molar-refractivity contribution in [1.82, 2.24) is 9.47 Å². The van der Waals surface area contributed by atoms with Gasteiger partial charge in [0.25, 0.3) is 11.5 Å². The Morgan fingerprint density at radius 3 is 2.53 bits per heavy atom. The maximum Gasteiger partial charge on any atom is 0.270 e. The van der Waals surface area contributed by atoms with Gasteiger partial charge in [-0.05, 0) is 42.7 Å². The topological polar surface area (TPSA) is 78.6 Å². The van der Waals surface area contributed by atoms with Crippen LogP contribution in [0, 0.1) is 18.3 Å². The Hall–Kier alpha value is -3.09. The summed E-state index contributed by atoms with van der Waals surface area (Å²) in [6.07, 6.45) is 3.72. The second-order valence-corrected chi connectivity index (χ2v) is 9.78. The molecule has 2 heterocycles. The van der Waals surface area contributed by atoms with E-state index in [1.807, 2.05) is 42.3 Å². The summed E-state index contributed by atoms with van der Waals surface area (Å²) in [5.74, 6) is 1.22. The summed E-state index contributed by atoms with van der Waals surface area (Å²) in [6.45, 7) is 4.95. The zero-order chi connectivity index (χ0) is 25.0. The highest BCUT2D eigenvalue weighted by molar-refractivity contribution is 8.26. The van der Waals surface area contributed by atoms with Gasteiger partial charge in [-0.1, -0.05) is 49.5 Å². The molecular formula is C25H28N4O3S2. The summed E-state index contributed by atoms with van der Waals surface area (Å²) >= 11 is 6.74. The van der Waals surface area contributed by atoms with Gasteiger partial charge in [0.2, 0.25) is 0 Å². The zero-order valence-electron chi connectivity index (χ0n) is 20.0. The molecule has 3 rings (SSSR count). The lowest BCUT2D eigenvalue weighted by molar-refractivity contribution is -0.122. The lowest BCUT2D eigenvalue weighted by atomic mass is 10.0. The Balaban J connectivity index is 2.03. The molecule has 2 aromatic rings. The van der Waals surface area contributed by atoms with Crippen LogP contribution in [0.5, 0.6) is 5.75 Å². The number of carbonyl (C=O) groups excluding carboxylic acids is 1. The van der Waals surface area contributed by atoms with Crippen molar-refractivity contribution >= 4 is 46.1 Å². The van der Waals surface area contributed by atoms with E-state index in [1.165, 1.54) is 16.3 Å². The number of nitrogens with zero attached hydrogens (tertiary/aromatic N) is 4. The Bertz CT molecular complexity index is 1240. The molecule has 1 aromatic carbocycles. The number of unbranched alkanes of at least 4 members (excludes halogenated alkanes) is 1. The monoisotopic (exact) mass is 496 g/mol. The summed E-state index contributed by atoms with van der Waals surface area (Å²) in [4.78, 5) is 30.1. The minimum atomic E-state index is -0.345. The Kier molecular flexibility index (Phi) is 8.18.